The zero-order valence-corrected chi connectivity index (χ0v) is 17.4. The van der Waals surface area contributed by atoms with Crippen molar-refractivity contribution in [1.29, 1.82) is 0 Å². The van der Waals surface area contributed by atoms with Crippen LogP contribution in [0.15, 0.2) is 36.4 Å². The SMILES string of the molecule is CCCOc1ccc(C(=O)OCC(=O)Nc2cc(Cl)ccc2OC)cc1OCC. The number of carbonyl (C=O) groups is 2. The van der Waals surface area contributed by atoms with Gasteiger partial charge in [0.1, 0.15) is 5.75 Å². The molecular formula is C21H24ClNO6. The van der Waals surface area contributed by atoms with Crippen molar-refractivity contribution < 1.29 is 28.5 Å². The Hall–Kier alpha value is -2.93. The number of esters is 1. The molecule has 1 N–H and O–H groups in total. The van der Waals surface area contributed by atoms with Crippen LogP contribution in [0.2, 0.25) is 5.02 Å². The molecule has 7 nitrogen and oxygen atoms in total. The van der Waals surface area contributed by atoms with Crippen molar-refractivity contribution in [2.24, 2.45) is 0 Å². The Balaban J connectivity index is 2.00. The molecule has 156 valence electrons. The van der Waals surface area contributed by atoms with Gasteiger partial charge >= 0.3 is 5.97 Å². The van der Waals surface area contributed by atoms with E-state index in [1.54, 1.807) is 30.3 Å². The first-order valence-electron chi connectivity index (χ1n) is 9.18. The number of nitrogens with one attached hydrogen (secondary N) is 1. The molecule has 1 amide bonds. The third-order valence-corrected chi connectivity index (χ3v) is 3.95. The molecule has 2 aromatic carbocycles. The number of benzene rings is 2. The fourth-order valence-electron chi connectivity index (χ4n) is 2.41. The molecule has 2 aromatic rings. The topological polar surface area (TPSA) is 83.1 Å². The zero-order valence-electron chi connectivity index (χ0n) is 16.6. The van der Waals surface area contributed by atoms with E-state index in [4.69, 9.17) is 30.5 Å². The van der Waals surface area contributed by atoms with Gasteiger partial charge in [0.25, 0.3) is 5.91 Å². The van der Waals surface area contributed by atoms with E-state index in [2.05, 4.69) is 5.32 Å². The van der Waals surface area contributed by atoms with Gasteiger partial charge in [-0.2, -0.15) is 0 Å². The van der Waals surface area contributed by atoms with Crippen LogP contribution in [-0.4, -0.2) is 38.8 Å². The first-order chi connectivity index (χ1) is 14.0. The molecular weight excluding hydrogens is 398 g/mol. The highest BCUT2D eigenvalue weighted by Crippen LogP contribution is 2.29. The summed E-state index contributed by atoms with van der Waals surface area (Å²) in [6.45, 7) is 4.33. The Bertz CT molecular complexity index is 855. The van der Waals surface area contributed by atoms with E-state index in [9.17, 15) is 9.59 Å². The maximum atomic E-state index is 12.3. The lowest BCUT2D eigenvalue weighted by atomic mass is 10.2. The standard InChI is InChI=1S/C21H24ClNO6/c1-4-10-28-18-8-6-14(11-19(18)27-5-2)21(25)29-13-20(24)23-16-12-15(22)7-9-17(16)26-3/h6-9,11-12H,4-5,10,13H2,1-3H3,(H,23,24). The smallest absolute Gasteiger partial charge is 0.338 e. The van der Waals surface area contributed by atoms with Crippen molar-refractivity contribution in [2.45, 2.75) is 20.3 Å². The molecule has 0 radical (unpaired) electrons. The van der Waals surface area contributed by atoms with E-state index in [0.717, 1.165) is 6.42 Å². The minimum Gasteiger partial charge on any atom is -0.495 e. The van der Waals surface area contributed by atoms with Crippen LogP contribution in [0.25, 0.3) is 0 Å². The predicted molar refractivity (Wildman–Crippen MR) is 110 cm³/mol. The van der Waals surface area contributed by atoms with Gasteiger partial charge in [0, 0.05) is 5.02 Å². The maximum absolute atomic E-state index is 12.3. The van der Waals surface area contributed by atoms with Crippen LogP contribution < -0.4 is 19.5 Å². The Kier molecular flexibility index (Phi) is 8.61. The van der Waals surface area contributed by atoms with Crippen LogP contribution in [-0.2, 0) is 9.53 Å². The first-order valence-corrected chi connectivity index (χ1v) is 9.56. The number of halogens is 1. The van der Waals surface area contributed by atoms with Gasteiger partial charge in [-0.05, 0) is 49.7 Å². The average molecular weight is 422 g/mol. The average Bonchev–Trinajstić information content (AvgIpc) is 2.71. The number of carbonyl (C=O) groups excluding carboxylic acids is 2. The molecule has 0 aliphatic carbocycles. The normalized spacial score (nSPS) is 10.2. The third kappa shape index (κ3) is 6.57. The van der Waals surface area contributed by atoms with Crippen molar-refractivity contribution in [3.8, 4) is 17.2 Å². The molecule has 29 heavy (non-hydrogen) atoms. The predicted octanol–water partition coefficient (Wildman–Crippen LogP) is 4.33. The quantitative estimate of drug-likeness (QED) is 0.575. The first kappa shape index (κ1) is 22.4. The largest absolute Gasteiger partial charge is 0.495 e. The highest BCUT2D eigenvalue weighted by atomic mass is 35.5. The second-order valence-electron chi connectivity index (χ2n) is 5.91. The second-order valence-corrected chi connectivity index (χ2v) is 6.35. The van der Waals surface area contributed by atoms with E-state index in [0.29, 0.717) is 41.2 Å². The maximum Gasteiger partial charge on any atom is 0.338 e. The number of ether oxygens (including phenoxy) is 4. The molecule has 0 fully saturated rings. The lowest BCUT2D eigenvalue weighted by molar-refractivity contribution is -0.119. The summed E-state index contributed by atoms with van der Waals surface area (Å²) in [5, 5.41) is 3.04. The highest BCUT2D eigenvalue weighted by molar-refractivity contribution is 6.31. The summed E-state index contributed by atoms with van der Waals surface area (Å²) in [7, 11) is 1.47. The molecule has 0 aliphatic rings. The minimum absolute atomic E-state index is 0.255. The van der Waals surface area contributed by atoms with Crippen LogP contribution in [0.4, 0.5) is 5.69 Å². The van der Waals surface area contributed by atoms with Crippen LogP contribution in [0.1, 0.15) is 30.6 Å². The van der Waals surface area contributed by atoms with Crippen LogP contribution in [0.3, 0.4) is 0 Å². The van der Waals surface area contributed by atoms with E-state index >= 15 is 0 Å². The van der Waals surface area contributed by atoms with Gasteiger partial charge in [0.05, 0.1) is 31.6 Å². The molecule has 2 rings (SSSR count). The van der Waals surface area contributed by atoms with Crippen molar-refractivity contribution >= 4 is 29.2 Å². The number of methoxy groups -OCH3 is 1. The number of amides is 1. The molecule has 0 aliphatic heterocycles. The van der Waals surface area contributed by atoms with Gasteiger partial charge in [0.2, 0.25) is 0 Å². The summed E-state index contributed by atoms with van der Waals surface area (Å²) < 4.78 is 21.4. The zero-order chi connectivity index (χ0) is 21.2. The molecule has 8 heteroatoms. The summed E-state index contributed by atoms with van der Waals surface area (Å²) in [5.74, 6) is 0.269. The molecule has 0 atom stereocenters. The number of rotatable bonds is 10. The van der Waals surface area contributed by atoms with Crippen LogP contribution in [0, 0.1) is 0 Å². The van der Waals surface area contributed by atoms with Crippen molar-refractivity contribution in [3.05, 3.63) is 47.0 Å². The second kappa shape index (κ2) is 11.2. The Labute approximate surface area is 174 Å². The molecule has 0 bridgehead atoms. The van der Waals surface area contributed by atoms with Crippen LogP contribution >= 0.6 is 11.6 Å². The number of anilines is 1. The van der Waals surface area contributed by atoms with Gasteiger partial charge in [-0.3, -0.25) is 4.79 Å². The Morgan fingerprint density at radius 2 is 1.76 bits per heavy atom. The van der Waals surface area contributed by atoms with Crippen LogP contribution in [0.5, 0.6) is 17.2 Å². The summed E-state index contributed by atoms with van der Waals surface area (Å²) in [6, 6.07) is 9.56. The fraction of sp³-hybridized carbons (Fsp3) is 0.333. The monoisotopic (exact) mass is 421 g/mol. The van der Waals surface area contributed by atoms with Gasteiger partial charge in [-0.1, -0.05) is 18.5 Å². The molecule has 0 saturated carbocycles. The van der Waals surface area contributed by atoms with Crippen molar-refractivity contribution in [2.75, 3.05) is 32.2 Å². The molecule has 0 unspecified atom stereocenters. The van der Waals surface area contributed by atoms with E-state index in [-0.39, 0.29) is 5.56 Å². The summed E-state index contributed by atoms with van der Waals surface area (Å²) in [5.41, 5.74) is 0.641. The highest BCUT2D eigenvalue weighted by Gasteiger charge is 2.15. The van der Waals surface area contributed by atoms with Gasteiger partial charge in [-0.25, -0.2) is 4.79 Å². The van der Waals surface area contributed by atoms with Gasteiger partial charge in [0.15, 0.2) is 18.1 Å². The van der Waals surface area contributed by atoms with E-state index < -0.39 is 18.5 Å². The van der Waals surface area contributed by atoms with Gasteiger partial charge < -0.3 is 24.3 Å². The Morgan fingerprint density at radius 1 is 1.00 bits per heavy atom. The molecule has 0 aromatic heterocycles. The van der Waals surface area contributed by atoms with E-state index in [1.165, 1.54) is 13.2 Å². The van der Waals surface area contributed by atoms with E-state index in [1.807, 2.05) is 13.8 Å². The summed E-state index contributed by atoms with van der Waals surface area (Å²) in [6.07, 6.45) is 0.849. The lowest BCUT2D eigenvalue weighted by Crippen LogP contribution is -2.21. The number of hydrogen-bond acceptors (Lipinski definition) is 6. The minimum atomic E-state index is -0.652. The fourth-order valence-corrected chi connectivity index (χ4v) is 2.59. The molecule has 0 heterocycles. The van der Waals surface area contributed by atoms with Crippen molar-refractivity contribution in [1.82, 2.24) is 0 Å². The van der Waals surface area contributed by atoms with Crippen molar-refractivity contribution in [3.63, 3.8) is 0 Å². The lowest BCUT2D eigenvalue weighted by Gasteiger charge is -2.13. The summed E-state index contributed by atoms with van der Waals surface area (Å²) >= 11 is 5.94. The Morgan fingerprint density at radius 3 is 2.45 bits per heavy atom. The number of hydrogen-bond donors (Lipinski definition) is 1. The van der Waals surface area contributed by atoms with Gasteiger partial charge in [-0.15, -0.1) is 0 Å². The third-order valence-electron chi connectivity index (χ3n) is 3.71. The molecule has 0 spiro atoms. The summed E-state index contributed by atoms with van der Waals surface area (Å²) in [4.78, 5) is 24.5. The molecule has 0 saturated heterocycles.